The second-order valence-electron chi connectivity index (χ2n) is 7.00. The largest absolute Gasteiger partial charge is 0.477 e. The van der Waals surface area contributed by atoms with Crippen LogP contribution in [0.1, 0.15) is 20.8 Å². The van der Waals surface area contributed by atoms with Crippen molar-refractivity contribution in [3.8, 4) is 0 Å². The van der Waals surface area contributed by atoms with Crippen LogP contribution in [-0.4, -0.2) is 86.3 Å². The molecule has 3 heterocycles. The van der Waals surface area contributed by atoms with Crippen molar-refractivity contribution in [3.05, 3.63) is 10.6 Å². The highest BCUT2D eigenvalue weighted by Crippen LogP contribution is 2.50. The first-order valence-electron chi connectivity index (χ1n) is 8.90. The fourth-order valence-corrected chi connectivity index (χ4v) is 5.27. The van der Waals surface area contributed by atoms with Gasteiger partial charge in [0.05, 0.1) is 23.9 Å². The number of carbonyl (C=O) groups is 4. The normalized spacial score (nSPS) is 29.3. The van der Waals surface area contributed by atoms with Crippen molar-refractivity contribution in [2.45, 2.75) is 32.9 Å². The van der Waals surface area contributed by atoms with Gasteiger partial charge in [-0.1, -0.05) is 6.92 Å². The molecule has 0 aliphatic carbocycles. The molecule has 0 aromatic rings. The zero-order valence-corrected chi connectivity index (χ0v) is 16.2. The summed E-state index contributed by atoms with van der Waals surface area (Å²) in [5.41, 5.74) is -0.0784. The molecule has 27 heavy (non-hydrogen) atoms. The number of hydrogen-bond donors (Lipinski definition) is 2. The Balaban J connectivity index is 1.76. The fourth-order valence-electron chi connectivity index (χ4n) is 4.00. The molecule has 2 saturated heterocycles. The number of amides is 3. The SMILES string of the molecule is CCN1CCN(CSC2=C(C(=O)O)N3C(=O)[C@H](C(C)O)[C@H]3[C@H]2C)C(=O)C1=O. The van der Waals surface area contributed by atoms with Gasteiger partial charge in [0, 0.05) is 30.5 Å². The summed E-state index contributed by atoms with van der Waals surface area (Å²) in [6, 6.07) is -0.389. The number of nitrogens with zero attached hydrogens (tertiary/aromatic N) is 3. The van der Waals surface area contributed by atoms with E-state index in [1.54, 1.807) is 6.92 Å². The maximum absolute atomic E-state index is 12.3. The van der Waals surface area contributed by atoms with E-state index in [1.807, 2.05) is 6.92 Å². The zero-order chi connectivity index (χ0) is 20.0. The summed E-state index contributed by atoms with van der Waals surface area (Å²) in [7, 11) is 0. The molecule has 2 fully saturated rings. The highest BCUT2D eigenvalue weighted by atomic mass is 32.2. The highest BCUT2D eigenvalue weighted by Gasteiger charge is 2.60. The molecule has 0 aromatic carbocycles. The van der Waals surface area contributed by atoms with Gasteiger partial charge in [0.25, 0.3) is 0 Å². The maximum atomic E-state index is 12.3. The van der Waals surface area contributed by atoms with Gasteiger partial charge in [-0.05, 0) is 13.8 Å². The molecule has 10 heteroatoms. The molecule has 0 aromatic heterocycles. The minimum atomic E-state index is -1.21. The third-order valence-electron chi connectivity index (χ3n) is 5.47. The van der Waals surface area contributed by atoms with Crippen LogP contribution in [0.2, 0.25) is 0 Å². The van der Waals surface area contributed by atoms with Crippen molar-refractivity contribution in [2.24, 2.45) is 11.8 Å². The third-order valence-corrected chi connectivity index (χ3v) is 6.78. The van der Waals surface area contributed by atoms with Crippen LogP contribution in [0.4, 0.5) is 0 Å². The molecular weight excluding hydrogens is 374 g/mol. The van der Waals surface area contributed by atoms with Gasteiger partial charge in [0.1, 0.15) is 5.70 Å². The number of carbonyl (C=O) groups excluding carboxylic acids is 3. The molecule has 3 rings (SSSR count). The monoisotopic (exact) mass is 397 g/mol. The predicted molar refractivity (Wildman–Crippen MR) is 96.1 cm³/mol. The van der Waals surface area contributed by atoms with Crippen LogP contribution in [-0.2, 0) is 19.2 Å². The predicted octanol–water partition coefficient (Wildman–Crippen LogP) is -0.478. The lowest BCUT2D eigenvalue weighted by molar-refractivity contribution is -0.163. The molecule has 0 saturated carbocycles. The second kappa shape index (κ2) is 7.16. The first kappa shape index (κ1) is 19.7. The van der Waals surface area contributed by atoms with Crippen LogP contribution >= 0.6 is 11.8 Å². The van der Waals surface area contributed by atoms with E-state index in [1.165, 1.54) is 33.4 Å². The summed E-state index contributed by atoms with van der Waals surface area (Å²) in [6.07, 6.45) is -0.859. The van der Waals surface area contributed by atoms with Gasteiger partial charge in [-0.2, -0.15) is 0 Å². The first-order chi connectivity index (χ1) is 12.7. The van der Waals surface area contributed by atoms with Crippen LogP contribution in [0, 0.1) is 11.8 Å². The first-order valence-corrected chi connectivity index (χ1v) is 9.88. The Kier molecular flexibility index (Phi) is 5.22. The summed E-state index contributed by atoms with van der Waals surface area (Å²) in [5.74, 6) is -3.48. The number of carboxylic acids is 1. The molecular formula is C17H23N3O6S. The molecule has 4 atom stereocenters. The minimum absolute atomic E-state index is 0.0784. The Bertz CT molecular complexity index is 736. The van der Waals surface area contributed by atoms with E-state index >= 15 is 0 Å². The van der Waals surface area contributed by atoms with E-state index in [4.69, 9.17) is 0 Å². The van der Waals surface area contributed by atoms with E-state index in [-0.39, 0.29) is 23.5 Å². The number of piperazine rings is 1. The van der Waals surface area contributed by atoms with Crippen molar-refractivity contribution in [1.82, 2.24) is 14.7 Å². The summed E-state index contributed by atoms with van der Waals surface area (Å²) in [5, 5.41) is 19.4. The highest BCUT2D eigenvalue weighted by molar-refractivity contribution is 8.03. The number of hydrogen-bond acceptors (Lipinski definition) is 6. The summed E-state index contributed by atoms with van der Waals surface area (Å²) < 4.78 is 0. The lowest BCUT2D eigenvalue weighted by Crippen LogP contribution is -2.63. The number of aliphatic carboxylic acids is 1. The number of thioether (sulfide) groups is 1. The van der Waals surface area contributed by atoms with E-state index in [0.29, 0.717) is 24.5 Å². The van der Waals surface area contributed by atoms with Crippen LogP contribution in [0.25, 0.3) is 0 Å². The average Bonchev–Trinajstić information content (AvgIpc) is 2.85. The van der Waals surface area contributed by atoms with Gasteiger partial charge in [0.15, 0.2) is 0 Å². The molecule has 3 aliphatic rings. The summed E-state index contributed by atoms with van der Waals surface area (Å²) >= 11 is 1.17. The van der Waals surface area contributed by atoms with Crippen molar-refractivity contribution in [2.75, 3.05) is 25.5 Å². The number of fused-ring (bicyclic) bond motifs is 1. The third kappa shape index (κ3) is 3.00. The number of likely N-dealkylation sites (N-methyl/N-ethyl adjacent to an activating group) is 1. The second-order valence-corrected chi connectivity index (χ2v) is 7.99. The van der Waals surface area contributed by atoms with E-state index in [2.05, 4.69) is 0 Å². The maximum Gasteiger partial charge on any atom is 0.353 e. The van der Waals surface area contributed by atoms with Crippen LogP contribution in [0.15, 0.2) is 10.6 Å². The Hall–Kier alpha value is -2.07. The molecule has 9 nitrogen and oxygen atoms in total. The van der Waals surface area contributed by atoms with E-state index < -0.39 is 35.7 Å². The van der Waals surface area contributed by atoms with Crippen LogP contribution in [0.5, 0.6) is 0 Å². The fraction of sp³-hybridized carbons (Fsp3) is 0.647. The van der Waals surface area contributed by atoms with Gasteiger partial charge >= 0.3 is 17.8 Å². The van der Waals surface area contributed by atoms with Crippen LogP contribution < -0.4 is 0 Å². The molecule has 0 bridgehead atoms. The smallest absolute Gasteiger partial charge is 0.353 e. The quantitative estimate of drug-likeness (QED) is 0.459. The van der Waals surface area contributed by atoms with Gasteiger partial charge < -0.3 is 24.9 Å². The Morgan fingerprint density at radius 3 is 2.37 bits per heavy atom. The lowest BCUT2D eigenvalue weighted by Gasteiger charge is -2.46. The molecule has 0 radical (unpaired) electrons. The summed E-state index contributed by atoms with van der Waals surface area (Å²) in [4.78, 5) is 52.9. The number of β-lactam (4-membered cyclic amide) rings is 1. The van der Waals surface area contributed by atoms with Crippen molar-refractivity contribution in [1.29, 1.82) is 0 Å². The Labute approximate surface area is 161 Å². The molecule has 2 N–H and O–H groups in total. The molecule has 0 spiro atoms. The van der Waals surface area contributed by atoms with Gasteiger partial charge in [-0.25, -0.2) is 4.79 Å². The van der Waals surface area contributed by atoms with Crippen molar-refractivity contribution in [3.63, 3.8) is 0 Å². The van der Waals surface area contributed by atoms with Gasteiger partial charge in [-0.15, -0.1) is 11.8 Å². The Morgan fingerprint density at radius 1 is 1.22 bits per heavy atom. The van der Waals surface area contributed by atoms with Crippen LogP contribution in [0.3, 0.4) is 0 Å². The number of aliphatic hydroxyl groups excluding tert-OH is 1. The van der Waals surface area contributed by atoms with Crippen molar-refractivity contribution < 1.29 is 29.4 Å². The number of aliphatic hydroxyl groups is 1. The lowest BCUT2D eigenvalue weighted by atomic mass is 9.79. The topological polar surface area (TPSA) is 118 Å². The minimum Gasteiger partial charge on any atom is -0.477 e. The van der Waals surface area contributed by atoms with E-state index in [0.717, 1.165) is 0 Å². The van der Waals surface area contributed by atoms with E-state index in [9.17, 15) is 29.4 Å². The summed E-state index contributed by atoms with van der Waals surface area (Å²) in [6.45, 7) is 6.45. The Morgan fingerprint density at radius 2 is 1.81 bits per heavy atom. The van der Waals surface area contributed by atoms with Crippen molar-refractivity contribution >= 4 is 35.5 Å². The molecule has 3 amide bonds. The standard InChI is InChI=1S/C17H23N3O6S/c1-4-18-5-6-19(16(24)15(18)23)7-27-13-8(2)11-10(9(3)21)14(22)20(11)12(13)17(25)26/h8-11,21H,4-7H2,1-3H3,(H,25,26)/t8-,9?,10-,11-/m1/s1. The average molecular weight is 397 g/mol. The molecule has 148 valence electrons. The number of carboxylic acid groups (broad SMARTS) is 1. The molecule has 1 unspecified atom stereocenters. The van der Waals surface area contributed by atoms with Gasteiger partial charge in [0.2, 0.25) is 5.91 Å². The zero-order valence-electron chi connectivity index (χ0n) is 15.4. The number of rotatable bonds is 6. The molecule has 3 aliphatic heterocycles. The van der Waals surface area contributed by atoms with Gasteiger partial charge in [-0.3, -0.25) is 14.4 Å².